The van der Waals surface area contributed by atoms with Crippen molar-refractivity contribution in [2.45, 2.75) is 25.8 Å². The van der Waals surface area contributed by atoms with E-state index in [9.17, 15) is 0 Å². The zero-order valence-corrected chi connectivity index (χ0v) is 11.1. The Morgan fingerprint density at radius 2 is 2.16 bits per heavy atom. The Hall–Kier alpha value is -1.88. The number of hydrogen-bond donors (Lipinski definition) is 2. The van der Waals surface area contributed by atoms with Crippen molar-refractivity contribution >= 4 is 5.95 Å². The third-order valence-corrected chi connectivity index (χ3v) is 3.50. The Kier molecular flexibility index (Phi) is 3.21. The number of benzene rings is 1. The fourth-order valence-electron chi connectivity index (χ4n) is 2.48. The van der Waals surface area contributed by atoms with Crippen molar-refractivity contribution in [3.8, 4) is 0 Å². The van der Waals surface area contributed by atoms with Gasteiger partial charge in [0.1, 0.15) is 0 Å². The van der Waals surface area contributed by atoms with Crippen LogP contribution in [0.15, 0.2) is 24.3 Å². The summed E-state index contributed by atoms with van der Waals surface area (Å²) in [6.07, 6.45) is 1.75. The normalized spacial score (nSPS) is 17.9. The van der Waals surface area contributed by atoms with Gasteiger partial charge < -0.3 is 11.1 Å². The molecule has 1 aromatic heterocycles. The van der Waals surface area contributed by atoms with Gasteiger partial charge in [0.25, 0.3) is 0 Å². The smallest absolute Gasteiger partial charge is 0.221 e. The van der Waals surface area contributed by atoms with Gasteiger partial charge in [-0.2, -0.15) is 10.1 Å². The number of fused-ring (bicyclic) bond motifs is 1. The highest BCUT2D eigenvalue weighted by Crippen LogP contribution is 2.28. The van der Waals surface area contributed by atoms with E-state index < -0.39 is 0 Å². The topological polar surface area (TPSA) is 68.8 Å². The molecule has 0 spiro atoms. The molecular weight excluding hydrogens is 238 g/mol. The van der Waals surface area contributed by atoms with Crippen LogP contribution >= 0.6 is 0 Å². The molecule has 19 heavy (non-hydrogen) atoms. The summed E-state index contributed by atoms with van der Waals surface area (Å²) in [5.41, 5.74) is 8.14. The Morgan fingerprint density at radius 1 is 1.37 bits per heavy atom. The summed E-state index contributed by atoms with van der Waals surface area (Å²) in [5.74, 6) is 1.68. The van der Waals surface area contributed by atoms with E-state index in [4.69, 9.17) is 5.73 Å². The summed E-state index contributed by atoms with van der Waals surface area (Å²) < 4.78 is 2.00. The van der Waals surface area contributed by atoms with Gasteiger partial charge >= 0.3 is 0 Å². The molecule has 1 aliphatic heterocycles. The number of aryl methyl sites for hydroxylation is 1. The van der Waals surface area contributed by atoms with Crippen molar-refractivity contribution < 1.29 is 0 Å². The second kappa shape index (κ2) is 5.01. The molecule has 2 heterocycles. The van der Waals surface area contributed by atoms with Crippen LogP contribution in [-0.4, -0.2) is 27.9 Å². The van der Waals surface area contributed by atoms with Crippen molar-refractivity contribution in [1.82, 2.24) is 14.8 Å². The average molecular weight is 257 g/mol. The molecule has 3 N–H and O–H groups in total. The van der Waals surface area contributed by atoms with Crippen LogP contribution in [0.25, 0.3) is 0 Å². The molecule has 5 nitrogen and oxygen atoms in total. The van der Waals surface area contributed by atoms with Crippen LogP contribution in [0, 0.1) is 6.92 Å². The van der Waals surface area contributed by atoms with Gasteiger partial charge in [0.15, 0.2) is 5.82 Å². The number of aromatic nitrogens is 3. The molecule has 0 fully saturated rings. The highest BCUT2D eigenvalue weighted by Gasteiger charge is 2.23. The predicted octanol–water partition coefficient (Wildman–Crippen LogP) is 1.49. The van der Waals surface area contributed by atoms with Gasteiger partial charge in [-0.05, 0) is 25.5 Å². The second-order valence-electron chi connectivity index (χ2n) is 4.98. The molecule has 0 bridgehead atoms. The van der Waals surface area contributed by atoms with Gasteiger partial charge in [0, 0.05) is 13.0 Å². The van der Waals surface area contributed by atoms with Crippen LogP contribution in [0.3, 0.4) is 0 Å². The predicted molar refractivity (Wildman–Crippen MR) is 75.2 cm³/mol. The lowest BCUT2D eigenvalue weighted by atomic mass is 10.0. The lowest BCUT2D eigenvalue weighted by Crippen LogP contribution is -2.24. The molecule has 1 unspecified atom stereocenters. The van der Waals surface area contributed by atoms with Crippen molar-refractivity contribution in [3.05, 3.63) is 41.2 Å². The first-order valence-corrected chi connectivity index (χ1v) is 6.74. The van der Waals surface area contributed by atoms with Gasteiger partial charge in [0.05, 0.1) is 6.04 Å². The zero-order chi connectivity index (χ0) is 13.2. The van der Waals surface area contributed by atoms with Crippen LogP contribution in [-0.2, 0) is 6.42 Å². The number of anilines is 1. The van der Waals surface area contributed by atoms with Crippen molar-refractivity contribution in [1.29, 1.82) is 0 Å². The average Bonchev–Trinajstić information content (AvgIpc) is 2.82. The first kappa shape index (κ1) is 12.2. The van der Waals surface area contributed by atoms with Crippen LogP contribution in [0.5, 0.6) is 0 Å². The number of hydrogen-bond acceptors (Lipinski definition) is 4. The van der Waals surface area contributed by atoms with Crippen LogP contribution in [0.1, 0.15) is 29.4 Å². The maximum Gasteiger partial charge on any atom is 0.221 e. The highest BCUT2D eigenvalue weighted by atomic mass is 15.4. The van der Waals surface area contributed by atoms with E-state index >= 15 is 0 Å². The molecule has 0 radical (unpaired) electrons. The summed E-state index contributed by atoms with van der Waals surface area (Å²) in [6, 6.07) is 8.93. The van der Waals surface area contributed by atoms with Gasteiger partial charge in [-0.1, -0.05) is 29.8 Å². The quantitative estimate of drug-likeness (QED) is 0.874. The SMILES string of the molecule is Cc1ccc(C2CCNc3nc(CCN)nn32)cc1. The number of nitrogens with two attached hydrogens (primary N) is 1. The molecule has 1 atom stereocenters. The molecule has 100 valence electrons. The van der Waals surface area contributed by atoms with Crippen LogP contribution < -0.4 is 11.1 Å². The molecule has 0 saturated carbocycles. The minimum Gasteiger partial charge on any atom is -0.354 e. The molecule has 0 amide bonds. The highest BCUT2D eigenvalue weighted by molar-refractivity contribution is 5.33. The van der Waals surface area contributed by atoms with Crippen molar-refractivity contribution in [3.63, 3.8) is 0 Å². The van der Waals surface area contributed by atoms with E-state index in [1.807, 2.05) is 4.68 Å². The summed E-state index contributed by atoms with van der Waals surface area (Å²) in [4.78, 5) is 4.49. The Labute approximate surface area is 112 Å². The summed E-state index contributed by atoms with van der Waals surface area (Å²) in [5, 5.41) is 7.88. The first-order valence-electron chi connectivity index (χ1n) is 6.74. The maximum atomic E-state index is 5.57. The summed E-state index contributed by atoms with van der Waals surface area (Å²) in [7, 11) is 0. The Morgan fingerprint density at radius 3 is 2.89 bits per heavy atom. The zero-order valence-electron chi connectivity index (χ0n) is 11.1. The molecular formula is C14H19N5. The largest absolute Gasteiger partial charge is 0.354 e. The fraction of sp³-hybridized carbons (Fsp3) is 0.429. The monoisotopic (exact) mass is 257 g/mol. The van der Waals surface area contributed by atoms with E-state index in [-0.39, 0.29) is 6.04 Å². The summed E-state index contributed by atoms with van der Waals surface area (Å²) in [6.45, 7) is 3.62. The minimum absolute atomic E-state index is 0.274. The minimum atomic E-state index is 0.274. The lowest BCUT2D eigenvalue weighted by Gasteiger charge is -2.24. The summed E-state index contributed by atoms with van der Waals surface area (Å²) >= 11 is 0. The number of nitrogens with one attached hydrogen (secondary N) is 1. The van der Waals surface area contributed by atoms with Crippen molar-refractivity contribution in [2.75, 3.05) is 18.4 Å². The fourth-order valence-corrected chi connectivity index (χ4v) is 2.48. The van der Waals surface area contributed by atoms with Gasteiger partial charge in [0.2, 0.25) is 5.95 Å². The maximum absolute atomic E-state index is 5.57. The molecule has 0 saturated heterocycles. The van der Waals surface area contributed by atoms with Crippen LogP contribution in [0.4, 0.5) is 5.95 Å². The van der Waals surface area contributed by atoms with Crippen molar-refractivity contribution in [2.24, 2.45) is 5.73 Å². The molecule has 1 aromatic carbocycles. The molecule has 0 aliphatic carbocycles. The van der Waals surface area contributed by atoms with E-state index in [0.717, 1.165) is 31.2 Å². The Balaban J connectivity index is 1.95. The lowest BCUT2D eigenvalue weighted by molar-refractivity contribution is 0.477. The Bertz CT molecular complexity index is 558. The third kappa shape index (κ3) is 2.33. The second-order valence-corrected chi connectivity index (χ2v) is 4.98. The van der Waals surface area contributed by atoms with Gasteiger partial charge in [-0.15, -0.1) is 0 Å². The first-order chi connectivity index (χ1) is 9.28. The van der Waals surface area contributed by atoms with E-state index in [1.54, 1.807) is 0 Å². The van der Waals surface area contributed by atoms with Crippen LogP contribution in [0.2, 0.25) is 0 Å². The van der Waals surface area contributed by atoms with E-state index in [0.29, 0.717) is 6.54 Å². The number of nitrogens with zero attached hydrogens (tertiary/aromatic N) is 3. The van der Waals surface area contributed by atoms with Gasteiger partial charge in [-0.25, -0.2) is 4.68 Å². The molecule has 5 heteroatoms. The van der Waals surface area contributed by atoms with E-state index in [2.05, 4.69) is 46.6 Å². The third-order valence-electron chi connectivity index (χ3n) is 3.50. The molecule has 2 aromatic rings. The van der Waals surface area contributed by atoms with Gasteiger partial charge in [-0.3, -0.25) is 0 Å². The standard InChI is InChI=1S/C14H19N5/c1-10-2-4-11(5-3-10)12-7-9-16-14-17-13(6-8-15)18-19(12)14/h2-5,12H,6-9,15H2,1H3,(H,16,17,18). The van der Waals surface area contributed by atoms with E-state index in [1.165, 1.54) is 11.1 Å². The number of rotatable bonds is 3. The molecule has 3 rings (SSSR count). The molecule has 1 aliphatic rings.